The molecule has 1 aliphatic rings. The van der Waals surface area contributed by atoms with Crippen LogP contribution in [0, 0.1) is 19.8 Å². The van der Waals surface area contributed by atoms with Crippen molar-refractivity contribution >= 4 is 0 Å². The molecule has 0 bridgehead atoms. The molecule has 0 aliphatic heterocycles. The lowest BCUT2D eigenvalue weighted by atomic mass is 9.84. The molecular formula is C14H24N2. The Morgan fingerprint density at radius 3 is 2.56 bits per heavy atom. The maximum absolute atomic E-state index is 3.68. The summed E-state index contributed by atoms with van der Waals surface area (Å²) in [7, 11) is 0. The van der Waals surface area contributed by atoms with Crippen molar-refractivity contribution in [1.29, 1.82) is 0 Å². The average molecular weight is 220 g/mol. The van der Waals surface area contributed by atoms with Crippen LogP contribution in [0.25, 0.3) is 0 Å². The van der Waals surface area contributed by atoms with Gasteiger partial charge in [-0.2, -0.15) is 0 Å². The van der Waals surface area contributed by atoms with Crippen molar-refractivity contribution in [2.24, 2.45) is 5.92 Å². The van der Waals surface area contributed by atoms with Crippen molar-refractivity contribution in [3.63, 3.8) is 0 Å². The van der Waals surface area contributed by atoms with Crippen molar-refractivity contribution in [2.75, 3.05) is 5.43 Å². The second-order valence-electron chi connectivity index (χ2n) is 5.22. The summed E-state index contributed by atoms with van der Waals surface area (Å²) in [6, 6.07) is 5.04. The van der Waals surface area contributed by atoms with E-state index < -0.39 is 0 Å². The Bertz CT molecular complexity index is 321. The summed E-state index contributed by atoms with van der Waals surface area (Å²) in [5.41, 5.74) is 6.31. The van der Waals surface area contributed by atoms with E-state index in [0.29, 0.717) is 6.04 Å². The molecule has 0 radical (unpaired) electrons. The molecule has 2 atom stereocenters. The summed E-state index contributed by atoms with van der Waals surface area (Å²) < 4.78 is 2.25. The summed E-state index contributed by atoms with van der Waals surface area (Å²) in [6.07, 6.45) is 6.82. The van der Waals surface area contributed by atoms with Gasteiger partial charge >= 0.3 is 0 Å². The third-order valence-electron chi connectivity index (χ3n) is 3.94. The summed E-state index contributed by atoms with van der Waals surface area (Å²) in [6.45, 7) is 6.65. The van der Waals surface area contributed by atoms with Gasteiger partial charge in [0.2, 0.25) is 0 Å². The quantitative estimate of drug-likeness (QED) is 0.823. The van der Waals surface area contributed by atoms with Crippen LogP contribution in [0.2, 0.25) is 0 Å². The van der Waals surface area contributed by atoms with Crippen LogP contribution in [-0.2, 0) is 0 Å². The SMILES string of the molecule is CCC1CCCC(Nn2c(C)ccc2C)C1. The number of nitrogens with one attached hydrogen (secondary N) is 1. The second kappa shape index (κ2) is 4.94. The lowest BCUT2D eigenvalue weighted by molar-refractivity contribution is 0.315. The van der Waals surface area contributed by atoms with E-state index in [1.807, 2.05) is 0 Å². The van der Waals surface area contributed by atoms with Crippen molar-refractivity contribution in [2.45, 2.75) is 58.9 Å². The smallest absolute Gasteiger partial charge is 0.0427 e. The first-order valence-electron chi connectivity index (χ1n) is 6.62. The van der Waals surface area contributed by atoms with E-state index in [1.165, 1.54) is 43.5 Å². The molecular weight excluding hydrogens is 196 g/mol. The van der Waals surface area contributed by atoms with E-state index in [2.05, 4.69) is 43.0 Å². The number of aryl methyl sites for hydroxylation is 2. The highest BCUT2D eigenvalue weighted by Crippen LogP contribution is 2.27. The van der Waals surface area contributed by atoms with Crippen LogP contribution in [0.3, 0.4) is 0 Å². The Balaban J connectivity index is 1.99. The van der Waals surface area contributed by atoms with Crippen molar-refractivity contribution in [3.05, 3.63) is 23.5 Å². The maximum atomic E-state index is 3.68. The van der Waals surface area contributed by atoms with Gasteiger partial charge in [0.25, 0.3) is 0 Å². The largest absolute Gasteiger partial charge is 0.323 e. The second-order valence-corrected chi connectivity index (χ2v) is 5.22. The molecule has 2 nitrogen and oxygen atoms in total. The molecule has 1 fully saturated rings. The van der Waals surface area contributed by atoms with Crippen LogP contribution in [0.4, 0.5) is 0 Å². The highest BCUT2D eigenvalue weighted by atomic mass is 15.4. The van der Waals surface area contributed by atoms with E-state index in [4.69, 9.17) is 0 Å². The fourth-order valence-electron chi connectivity index (χ4n) is 2.83. The third kappa shape index (κ3) is 2.42. The van der Waals surface area contributed by atoms with Crippen molar-refractivity contribution in [1.82, 2.24) is 4.68 Å². The summed E-state index contributed by atoms with van der Waals surface area (Å²) in [5, 5.41) is 0. The van der Waals surface area contributed by atoms with Gasteiger partial charge in [0, 0.05) is 17.4 Å². The lowest BCUT2D eigenvalue weighted by Gasteiger charge is -2.31. The van der Waals surface area contributed by atoms with Crippen LogP contribution in [0.5, 0.6) is 0 Å². The van der Waals surface area contributed by atoms with Crippen LogP contribution in [-0.4, -0.2) is 10.7 Å². The number of aromatic nitrogens is 1. The Kier molecular flexibility index (Phi) is 3.57. The molecule has 1 aromatic rings. The number of rotatable bonds is 3. The van der Waals surface area contributed by atoms with Crippen LogP contribution in [0.1, 0.15) is 50.4 Å². The first kappa shape index (κ1) is 11.6. The van der Waals surface area contributed by atoms with Gasteiger partial charge in [-0.1, -0.05) is 26.2 Å². The zero-order valence-corrected chi connectivity index (χ0v) is 10.8. The molecule has 1 aromatic heterocycles. The third-order valence-corrected chi connectivity index (χ3v) is 3.94. The first-order chi connectivity index (χ1) is 7.70. The van der Waals surface area contributed by atoms with Crippen LogP contribution < -0.4 is 5.43 Å². The molecule has 0 spiro atoms. The summed E-state index contributed by atoms with van der Waals surface area (Å²) in [5.74, 6) is 0.933. The molecule has 2 rings (SSSR count). The minimum absolute atomic E-state index is 0.670. The molecule has 0 saturated heterocycles. The van der Waals surface area contributed by atoms with E-state index in [0.717, 1.165) is 5.92 Å². The van der Waals surface area contributed by atoms with Gasteiger partial charge in [-0.3, -0.25) is 4.68 Å². The average Bonchev–Trinajstić information content (AvgIpc) is 2.61. The van der Waals surface area contributed by atoms with Gasteiger partial charge in [0.1, 0.15) is 0 Å². The molecule has 1 N–H and O–H groups in total. The monoisotopic (exact) mass is 220 g/mol. The van der Waals surface area contributed by atoms with Gasteiger partial charge < -0.3 is 5.43 Å². The van der Waals surface area contributed by atoms with Gasteiger partial charge in [-0.25, -0.2) is 0 Å². The molecule has 0 aromatic carbocycles. The number of hydrogen-bond donors (Lipinski definition) is 1. The van der Waals surface area contributed by atoms with E-state index in [1.54, 1.807) is 0 Å². The maximum Gasteiger partial charge on any atom is 0.0427 e. The minimum Gasteiger partial charge on any atom is -0.323 e. The van der Waals surface area contributed by atoms with E-state index in [-0.39, 0.29) is 0 Å². The van der Waals surface area contributed by atoms with E-state index in [9.17, 15) is 0 Å². The Hall–Kier alpha value is -0.920. The minimum atomic E-state index is 0.670. The molecule has 0 amide bonds. The molecule has 1 heterocycles. The van der Waals surface area contributed by atoms with E-state index >= 15 is 0 Å². The topological polar surface area (TPSA) is 17.0 Å². The zero-order valence-electron chi connectivity index (χ0n) is 10.8. The van der Waals surface area contributed by atoms with Crippen LogP contribution >= 0.6 is 0 Å². The molecule has 16 heavy (non-hydrogen) atoms. The fraction of sp³-hybridized carbons (Fsp3) is 0.714. The fourth-order valence-corrected chi connectivity index (χ4v) is 2.83. The highest BCUT2D eigenvalue weighted by molar-refractivity contribution is 5.16. The summed E-state index contributed by atoms with van der Waals surface area (Å²) >= 11 is 0. The Morgan fingerprint density at radius 2 is 1.94 bits per heavy atom. The van der Waals surface area contributed by atoms with Gasteiger partial charge in [-0.15, -0.1) is 0 Å². The first-order valence-corrected chi connectivity index (χ1v) is 6.62. The molecule has 1 saturated carbocycles. The van der Waals surface area contributed by atoms with Crippen LogP contribution in [0.15, 0.2) is 12.1 Å². The summed E-state index contributed by atoms with van der Waals surface area (Å²) in [4.78, 5) is 0. The number of nitrogens with zero attached hydrogens (tertiary/aromatic N) is 1. The Morgan fingerprint density at radius 1 is 1.25 bits per heavy atom. The van der Waals surface area contributed by atoms with Gasteiger partial charge in [0.15, 0.2) is 0 Å². The predicted octanol–water partition coefficient (Wildman–Crippen LogP) is 3.62. The molecule has 1 aliphatic carbocycles. The van der Waals surface area contributed by atoms with Crippen molar-refractivity contribution in [3.8, 4) is 0 Å². The standard InChI is InChI=1S/C14H24N2/c1-4-13-6-5-7-14(10-13)15-16-11(2)8-9-12(16)3/h8-9,13-15H,4-7,10H2,1-3H3. The highest BCUT2D eigenvalue weighted by Gasteiger charge is 2.21. The number of hydrogen-bond acceptors (Lipinski definition) is 1. The molecule has 90 valence electrons. The Labute approximate surface area is 99.0 Å². The molecule has 2 unspecified atom stereocenters. The normalized spacial score (nSPS) is 25.7. The lowest BCUT2D eigenvalue weighted by Crippen LogP contribution is -2.33. The van der Waals surface area contributed by atoms with Gasteiger partial charge in [-0.05, 0) is 44.7 Å². The van der Waals surface area contributed by atoms with Gasteiger partial charge in [0.05, 0.1) is 0 Å². The molecule has 2 heteroatoms. The van der Waals surface area contributed by atoms with Crippen molar-refractivity contribution < 1.29 is 0 Å². The zero-order chi connectivity index (χ0) is 11.5. The predicted molar refractivity (Wildman–Crippen MR) is 69.3 cm³/mol.